The molecule has 35 heavy (non-hydrogen) atoms. The van der Waals surface area contributed by atoms with Gasteiger partial charge in [-0.05, 0) is 45.8 Å². The molecule has 13 heteroatoms. The molecule has 1 unspecified atom stereocenters. The SMILES string of the molecule is COc1ccc(C(CNc2cc[nH]c(=O)c2-c2nc3ccncc3[nH]2)OC(=O)C(F)(F)F)cc1Br. The Morgan fingerprint density at radius 1 is 1.26 bits per heavy atom. The van der Waals surface area contributed by atoms with Crippen molar-refractivity contribution in [1.29, 1.82) is 0 Å². The number of nitrogens with zero attached hydrogens (tertiary/aromatic N) is 2. The highest BCUT2D eigenvalue weighted by Crippen LogP contribution is 2.32. The summed E-state index contributed by atoms with van der Waals surface area (Å²) in [6.45, 7) is -0.279. The largest absolute Gasteiger partial charge is 0.496 e. The van der Waals surface area contributed by atoms with Crippen molar-refractivity contribution in [2.24, 2.45) is 0 Å². The standard InChI is InChI=1S/C22H17BrF3N5O4/c1-34-16-3-2-11(8-12(16)23)17(35-21(33)22(24,25)26)10-29-14-5-7-28-20(32)18(14)19-30-13-4-6-27-9-15(13)31-19/h2-9,17H,10H2,1H3,(H,30,31)(H2,28,29,32). The summed E-state index contributed by atoms with van der Waals surface area (Å²) in [6, 6.07) is 7.67. The topological polar surface area (TPSA) is 122 Å². The number of aromatic nitrogens is 4. The van der Waals surface area contributed by atoms with Crippen molar-refractivity contribution in [3.8, 4) is 17.1 Å². The number of halogens is 4. The molecule has 3 N–H and O–H groups in total. The first-order valence-corrected chi connectivity index (χ1v) is 10.8. The van der Waals surface area contributed by atoms with E-state index in [4.69, 9.17) is 9.47 Å². The number of alkyl halides is 3. The van der Waals surface area contributed by atoms with Gasteiger partial charge < -0.3 is 24.8 Å². The van der Waals surface area contributed by atoms with E-state index in [0.29, 0.717) is 21.3 Å². The molecule has 1 aromatic carbocycles. The number of hydrogen-bond donors (Lipinski definition) is 3. The van der Waals surface area contributed by atoms with Crippen LogP contribution in [0.5, 0.6) is 5.75 Å². The number of ether oxygens (including phenoxy) is 2. The summed E-state index contributed by atoms with van der Waals surface area (Å²) in [4.78, 5) is 38.2. The number of anilines is 1. The molecule has 0 bridgehead atoms. The van der Waals surface area contributed by atoms with Gasteiger partial charge in [-0.3, -0.25) is 9.78 Å². The van der Waals surface area contributed by atoms with Crippen LogP contribution in [0.15, 0.2) is 58.2 Å². The smallest absolute Gasteiger partial charge is 0.490 e. The Balaban J connectivity index is 1.67. The van der Waals surface area contributed by atoms with Crippen LogP contribution in [-0.4, -0.2) is 45.7 Å². The van der Waals surface area contributed by atoms with E-state index in [2.05, 4.69) is 41.2 Å². The number of H-pyrrole nitrogens is 2. The zero-order chi connectivity index (χ0) is 25.2. The Morgan fingerprint density at radius 3 is 2.74 bits per heavy atom. The predicted molar refractivity (Wildman–Crippen MR) is 124 cm³/mol. The Kier molecular flexibility index (Phi) is 6.78. The lowest BCUT2D eigenvalue weighted by Crippen LogP contribution is -2.29. The summed E-state index contributed by atoms with van der Waals surface area (Å²) in [5, 5.41) is 2.91. The number of aromatic amines is 2. The van der Waals surface area contributed by atoms with Gasteiger partial charge in [0.15, 0.2) is 0 Å². The van der Waals surface area contributed by atoms with Crippen LogP contribution >= 0.6 is 15.9 Å². The van der Waals surface area contributed by atoms with Gasteiger partial charge >= 0.3 is 12.1 Å². The summed E-state index contributed by atoms with van der Waals surface area (Å²) in [5.74, 6) is -1.67. The number of imidazole rings is 1. The average Bonchev–Trinajstić information content (AvgIpc) is 3.24. The van der Waals surface area contributed by atoms with Gasteiger partial charge in [0.05, 0.1) is 41.0 Å². The third-order valence-corrected chi connectivity index (χ3v) is 5.61. The van der Waals surface area contributed by atoms with Gasteiger partial charge in [-0.25, -0.2) is 9.78 Å². The molecule has 0 aliphatic heterocycles. The summed E-state index contributed by atoms with van der Waals surface area (Å²) < 4.78 is 49.2. The number of carbonyl (C=O) groups is 1. The molecular weight excluding hydrogens is 535 g/mol. The summed E-state index contributed by atoms with van der Waals surface area (Å²) >= 11 is 3.27. The number of nitrogens with one attached hydrogen (secondary N) is 3. The molecule has 182 valence electrons. The van der Waals surface area contributed by atoms with E-state index in [-0.39, 0.29) is 29.2 Å². The van der Waals surface area contributed by atoms with Crippen LogP contribution in [0.2, 0.25) is 0 Å². The number of hydrogen-bond acceptors (Lipinski definition) is 7. The molecular formula is C22H17BrF3N5O4. The van der Waals surface area contributed by atoms with Crippen LogP contribution < -0.4 is 15.6 Å². The molecule has 0 radical (unpaired) electrons. The summed E-state index contributed by atoms with van der Waals surface area (Å²) in [7, 11) is 1.44. The molecule has 0 saturated carbocycles. The molecule has 1 atom stereocenters. The van der Waals surface area contributed by atoms with Crippen molar-refractivity contribution in [3.05, 3.63) is 69.3 Å². The summed E-state index contributed by atoms with van der Waals surface area (Å²) in [6.07, 6.45) is -2.06. The number of carbonyl (C=O) groups excluding carboxylic acids is 1. The molecule has 0 spiro atoms. The van der Waals surface area contributed by atoms with Crippen LogP contribution in [0.25, 0.3) is 22.4 Å². The average molecular weight is 552 g/mol. The summed E-state index contributed by atoms with van der Waals surface area (Å²) in [5.41, 5.74) is 1.34. The predicted octanol–water partition coefficient (Wildman–Crippen LogP) is 4.34. The quantitative estimate of drug-likeness (QED) is 0.292. The number of benzene rings is 1. The van der Waals surface area contributed by atoms with Crippen LogP contribution in [0.1, 0.15) is 11.7 Å². The monoisotopic (exact) mass is 551 g/mol. The molecule has 9 nitrogen and oxygen atoms in total. The molecule has 3 heterocycles. The second kappa shape index (κ2) is 9.78. The Hall–Kier alpha value is -3.87. The maximum absolute atomic E-state index is 12.9. The van der Waals surface area contributed by atoms with Crippen LogP contribution in [0.4, 0.5) is 18.9 Å². The number of esters is 1. The van der Waals surface area contributed by atoms with Crippen molar-refractivity contribution in [2.75, 3.05) is 19.0 Å². The Labute approximate surface area is 203 Å². The minimum absolute atomic E-state index is 0.125. The van der Waals surface area contributed by atoms with Crippen molar-refractivity contribution >= 4 is 38.6 Å². The van der Waals surface area contributed by atoms with Gasteiger partial charge in [-0.2, -0.15) is 13.2 Å². The van der Waals surface area contributed by atoms with Gasteiger partial charge in [0.2, 0.25) is 0 Å². The molecule has 0 amide bonds. The molecule has 4 rings (SSSR count). The number of fused-ring (bicyclic) bond motifs is 1. The van der Waals surface area contributed by atoms with Gasteiger partial charge in [0, 0.05) is 12.4 Å². The molecule has 0 aliphatic carbocycles. The van der Waals surface area contributed by atoms with Crippen molar-refractivity contribution in [3.63, 3.8) is 0 Å². The first-order chi connectivity index (χ1) is 16.7. The van der Waals surface area contributed by atoms with Gasteiger partial charge in [-0.1, -0.05) is 6.07 Å². The normalized spacial score (nSPS) is 12.4. The highest BCUT2D eigenvalue weighted by atomic mass is 79.9. The lowest BCUT2D eigenvalue weighted by molar-refractivity contribution is -0.204. The molecule has 3 aromatic heterocycles. The third kappa shape index (κ3) is 5.29. The van der Waals surface area contributed by atoms with Gasteiger partial charge in [-0.15, -0.1) is 0 Å². The minimum atomic E-state index is -5.18. The Bertz CT molecular complexity index is 1400. The first kappa shape index (κ1) is 24.3. The van der Waals surface area contributed by atoms with Crippen LogP contribution in [0.3, 0.4) is 0 Å². The van der Waals surface area contributed by atoms with E-state index >= 15 is 0 Å². The van der Waals surface area contributed by atoms with E-state index in [0.717, 1.165) is 0 Å². The van der Waals surface area contributed by atoms with E-state index in [1.165, 1.54) is 37.6 Å². The van der Waals surface area contributed by atoms with E-state index < -0.39 is 23.8 Å². The van der Waals surface area contributed by atoms with E-state index in [1.807, 2.05) is 0 Å². The third-order valence-electron chi connectivity index (χ3n) is 4.99. The molecule has 0 saturated heterocycles. The highest BCUT2D eigenvalue weighted by molar-refractivity contribution is 9.10. The first-order valence-electron chi connectivity index (χ1n) is 10.0. The number of pyridine rings is 2. The maximum atomic E-state index is 12.9. The zero-order valence-electron chi connectivity index (χ0n) is 17.9. The fourth-order valence-corrected chi connectivity index (χ4v) is 3.90. The maximum Gasteiger partial charge on any atom is 0.490 e. The second-order valence-corrected chi connectivity index (χ2v) is 8.09. The fourth-order valence-electron chi connectivity index (χ4n) is 3.35. The van der Waals surface area contributed by atoms with Gasteiger partial charge in [0.25, 0.3) is 5.56 Å². The number of methoxy groups -OCH3 is 1. The molecule has 4 aromatic rings. The number of rotatable bonds is 7. The zero-order valence-corrected chi connectivity index (χ0v) is 19.5. The van der Waals surface area contributed by atoms with Crippen LogP contribution in [-0.2, 0) is 9.53 Å². The lowest BCUT2D eigenvalue weighted by atomic mass is 10.1. The molecule has 0 aliphatic rings. The fraction of sp³-hybridized carbons (Fsp3) is 0.182. The Morgan fingerprint density at radius 2 is 2.06 bits per heavy atom. The van der Waals surface area contributed by atoms with Crippen molar-refractivity contribution < 1.29 is 27.4 Å². The van der Waals surface area contributed by atoms with Crippen molar-refractivity contribution in [2.45, 2.75) is 12.3 Å². The van der Waals surface area contributed by atoms with Crippen LogP contribution in [0, 0.1) is 0 Å². The molecule has 0 fully saturated rings. The lowest BCUT2D eigenvalue weighted by Gasteiger charge is -2.21. The minimum Gasteiger partial charge on any atom is -0.496 e. The van der Waals surface area contributed by atoms with E-state index in [1.54, 1.807) is 18.5 Å². The highest BCUT2D eigenvalue weighted by Gasteiger charge is 2.42. The van der Waals surface area contributed by atoms with Crippen molar-refractivity contribution in [1.82, 2.24) is 19.9 Å². The second-order valence-electron chi connectivity index (χ2n) is 7.24. The van der Waals surface area contributed by atoms with Gasteiger partial charge in [0.1, 0.15) is 23.2 Å². The van der Waals surface area contributed by atoms with E-state index in [9.17, 15) is 22.8 Å².